The second-order valence-electron chi connectivity index (χ2n) is 17.7. The average Bonchev–Trinajstić information content (AvgIpc) is 3.60. The van der Waals surface area contributed by atoms with Crippen LogP contribution in [0.2, 0.25) is 5.02 Å². The van der Waals surface area contributed by atoms with Gasteiger partial charge in [-0.3, -0.25) is 34.1 Å². The normalized spacial score (nSPS) is 20.0. The van der Waals surface area contributed by atoms with Crippen LogP contribution in [-0.4, -0.2) is 113 Å². The zero-order valence-corrected chi connectivity index (χ0v) is 36.4. The molecule has 5 aliphatic heterocycles. The minimum atomic E-state index is -0.662. The van der Waals surface area contributed by atoms with Crippen molar-refractivity contribution in [3.05, 3.63) is 75.2 Å². The van der Waals surface area contributed by atoms with Gasteiger partial charge in [-0.05, 0) is 82.3 Å². The summed E-state index contributed by atoms with van der Waals surface area (Å²) in [4.78, 5) is 94.0. The molecule has 4 fully saturated rings. The molecule has 4 saturated heterocycles. The predicted octanol–water partition coefficient (Wildman–Crippen LogP) is 4.00. The molecule has 4 aromatic rings. The molecule has 5 amide bonds. The Labute approximate surface area is 369 Å². The second kappa shape index (κ2) is 16.8. The Morgan fingerprint density at radius 3 is 2.46 bits per heavy atom. The number of nitrogens with zero attached hydrogens (tertiary/aromatic N) is 7. The molecule has 0 radical (unpaired) electrons. The van der Waals surface area contributed by atoms with Crippen LogP contribution in [0.1, 0.15) is 74.3 Å². The van der Waals surface area contributed by atoms with Gasteiger partial charge < -0.3 is 39.5 Å². The highest BCUT2D eigenvalue weighted by atomic mass is 35.5. The van der Waals surface area contributed by atoms with Gasteiger partial charge in [-0.1, -0.05) is 17.7 Å². The van der Waals surface area contributed by atoms with E-state index in [0.717, 1.165) is 74.0 Å². The summed E-state index contributed by atoms with van der Waals surface area (Å²) in [6.07, 6.45) is 5.39. The third-order valence-corrected chi connectivity index (χ3v) is 13.6. The SMILES string of the molecule is CNC(=O)COc1cc2cc(Nc3nc(N4CCC5(CC4)CN(C(=O)C4CCN(c6cccc7c6CN(C6CCC(=O)NC6=O)C7=O)CC4)C5)ncc3Cl)ccc2n(C(C)C)c1=O. The summed E-state index contributed by atoms with van der Waals surface area (Å²) in [7, 11) is 1.51. The Morgan fingerprint density at radius 2 is 1.75 bits per heavy atom. The molecule has 0 aliphatic carbocycles. The number of anilines is 4. The highest BCUT2D eigenvalue weighted by Crippen LogP contribution is 2.43. The van der Waals surface area contributed by atoms with Gasteiger partial charge in [-0.15, -0.1) is 0 Å². The van der Waals surface area contributed by atoms with Crippen LogP contribution in [0.25, 0.3) is 10.9 Å². The van der Waals surface area contributed by atoms with Crippen LogP contribution < -0.4 is 36.0 Å². The van der Waals surface area contributed by atoms with Gasteiger partial charge in [0.2, 0.25) is 23.7 Å². The summed E-state index contributed by atoms with van der Waals surface area (Å²) >= 11 is 6.61. The maximum absolute atomic E-state index is 13.8. The molecule has 1 atom stereocenters. The van der Waals surface area contributed by atoms with Crippen LogP contribution in [-0.2, 0) is 25.7 Å². The molecule has 2 aromatic carbocycles. The van der Waals surface area contributed by atoms with Crippen molar-refractivity contribution in [2.24, 2.45) is 11.3 Å². The first-order valence-electron chi connectivity index (χ1n) is 21.7. The fourth-order valence-corrected chi connectivity index (χ4v) is 10.0. The molecule has 3 N–H and O–H groups in total. The van der Waals surface area contributed by atoms with Crippen LogP contribution in [0, 0.1) is 11.3 Å². The number of pyridine rings is 1. The number of likely N-dealkylation sites (N-methyl/N-ethyl adjacent to an activating group) is 1. The van der Waals surface area contributed by atoms with Crippen molar-refractivity contribution in [3.8, 4) is 5.75 Å². The molecular formula is C45H51ClN10O7. The Morgan fingerprint density at radius 1 is 0.984 bits per heavy atom. The molecule has 63 heavy (non-hydrogen) atoms. The van der Waals surface area contributed by atoms with E-state index in [0.29, 0.717) is 54.1 Å². The van der Waals surface area contributed by atoms with E-state index in [-0.39, 0.29) is 65.3 Å². The number of hydrogen-bond acceptors (Lipinski definition) is 12. The fourth-order valence-electron chi connectivity index (χ4n) is 9.87. The number of aromatic nitrogens is 3. The van der Waals surface area contributed by atoms with Crippen molar-refractivity contribution in [1.29, 1.82) is 0 Å². The second-order valence-corrected chi connectivity index (χ2v) is 18.1. The number of hydrogen-bond donors (Lipinski definition) is 3. The van der Waals surface area contributed by atoms with Crippen molar-refractivity contribution in [2.75, 3.05) is 68.0 Å². The minimum Gasteiger partial charge on any atom is -0.478 e. The van der Waals surface area contributed by atoms with E-state index in [1.54, 1.807) is 27.8 Å². The van der Waals surface area contributed by atoms with Gasteiger partial charge >= 0.3 is 0 Å². The third-order valence-electron chi connectivity index (χ3n) is 13.4. The molecule has 0 bridgehead atoms. The van der Waals surface area contributed by atoms with Gasteiger partial charge in [0.1, 0.15) is 11.1 Å². The molecule has 0 saturated carbocycles. The largest absolute Gasteiger partial charge is 0.478 e. The Bertz CT molecular complexity index is 2570. The smallest absolute Gasteiger partial charge is 0.293 e. The van der Waals surface area contributed by atoms with Crippen LogP contribution in [0.3, 0.4) is 0 Å². The lowest BCUT2D eigenvalue weighted by molar-refractivity contribution is -0.150. The van der Waals surface area contributed by atoms with Gasteiger partial charge in [-0.2, -0.15) is 4.98 Å². The number of imide groups is 1. The summed E-state index contributed by atoms with van der Waals surface area (Å²) in [5.41, 5.74) is 3.63. The van der Waals surface area contributed by atoms with Gasteiger partial charge in [0.25, 0.3) is 17.4 Å². The maximum Gasteiger partial charge on any atom is 0.293 e. The van der Waals surface area contributed by atoms with Gasteiger partial charge in [0.15, 0.2) is 18.2 Å². The number of fused-ring (bicyclic) bond motifs is 2. The molecule has 330 valence electrons. The molecule has 9 rings (SSSR count). The number of carbonyl (C=O) groups is 5. The Hall–Kier alpha value is -6.23. The van der Waals surface area contributed by atoms with E-state index in [1.807, 2.05) is 49.1 Å². The fraction of sp³-hybridized carbons (Fsp3) is 0.467. The number of halogens is 1. The zero-order chi connectivity index (χ0) is 44.2. The van der Waals surface area contributed by atoms with Crippen molar-refractivity contribution < 1.29 is 28.7 Å². The Balaban J connectivity index is 0.787. The van der Waals surface area contributed by atoms with Crippen LogP contribution in [0.4, 0.5) is 23.1 Å². The van der Waals surface area contributed by atoms with Crippen LogP contribution in [0.15, 0.2) is 53.5 Å². The molecule has 17 nitrogen and oxygen atoms in total. The lowest BCUT2D eigenvalue weighted by atomic mass is 9.71. The number of piperidine rings is 3. The number of amides is 5. The molecular weight excluding hydrogens is 828 g/mol. The number of rotatable bonds is 10. The molecule has 18 heteroatoms. The van der Waals surface area contributed by atoms with E-state index in [4.69, 9.17) is 21.3 Å². The standard InChI is InChI=1S/C45H51ClN10O7/c1-26(2)56-33-8-7-29(19-28(33)20-36(43(56)62)63-23-38(58)47-3)49-39-32(46)21-48-44(51-39)53-17-13-45(14-18-53)24-54(25-45)41(60)27-11-15-52(16-12-27)34-6-4-5-30-31(34)22-55(42(30)61)35-9-10-37(57)50-40(35)59/h4-8,19-21,26-27,35H,9-18,22-25H2,1-3H3,(H,47,58)(H,48,49,51)(H,50,57,59). The highest BCUT2D eigenvalue weighted by molar-refractivity contribution is 6.33. The maximum atomic E-state index is 13.8. The summed E-state index contributed by atoms with van der Waals surface area (Å²) in [6, 6.07) is 12.1. The minimum absolute atomic E-state index is 0.0578. The van der Waals surface area contributed by atoms with E-state index < -0.39 is 11.9 Å². The highest BCUT2D eigenvalue weighted by Gasteiger charge is 2.48. The van der Waals surface area contributed by atoms with Gasteiger partial charge in [0, 0.05) is 105 Å². The number of likely N-dealkylation sites (tertiary alicyclic amines) is 1. The van der Waals surface area contributed by atoms with Crippen molar-refractivity contribution in [2.45, 2.75) is 71.0 Å². The number of benzene rings is 2. The lowest BCUT2D eigenvalue weighted by Crippen LogP contribution is -2.63. The lowest BCUT2D eigenvalue weighted by Gasteiger charge is -2.55. The summed E-state index contributed by atoms with van der Waals surface area (Å²) in [6.45, 7) is 8.24. The van der Waals surface area contributed by atoms with Crippen LogP contribution >= 0.6 is 11.6 Å². The molecule has 5 aliphatic rings. The third kappa shape index (κ3) is 8.02. The van der Waals surface area contributed by atoms with E-state index >= 15 is 0 Å². The van der Waals surface area contributed by atoms with Crippen molar-refractivity contribution >= 4 is 75.2 Å². The van der Waals surface area contributed by atoms with Crippen molar-refractivity contribution in [1.82, 2.24) is 35.0 Å². The molecule has 7 heterocycles. The summed E-state index contributed by atoms with van der Waals surface area (Å²) < 4.78 is 7.26. The van der Waals surface area contributed by atoms with E-state index in [1.165, 1.54) is 7.05 Å². The molecule has 1 unspecified atom stereocenters. The molecule has 1 spiro atoms. The molecule has 2 aromatic heterocycles. The van der Waals surface area contributed by atoms with E-state index in [2.05, 4.69) is 30.7 Å². The average molecular weight is 879 g/mol. The topological polar surface area (TPSA) is 191 Å². The first-order chi connectivity index (χ1) is 30.3. The van der Waals surface area contributed by atoms with E-state index in [9.17, 15) is 28.8 Å². The first-order valence-corrected chi connectivity index (χ1v) is 22.1. The van der Waals surface area contributed by atoms with Gasteiger partial charge in [-0.25, -0.2) is 4.98 Å². The monoisotopic (exact) mass is 878 g/mol. The number of ether oxygens (including phenoxy) is 1. The Kier molecular flexibility index (Phi) is 11.2. The quantitative estimate of drug-likeness (QED) is 0.195. The number of carbonyl (C=O) groups excluding carboxylic acids is 5. The zero-order valence-electron chi connectivity index (χ0n) is 35.6. The van der Waals surface area contributed by atoms with Crippen LogP contribution in [0.5, 0.6) is 5.75 Å². The summed E-state index contributed by atoms with van der Waals surface area (Å²) in [5, 5.41) is 9.29. The number of nitrogens with one attached hydrogen (secondary N) is 3. The predicted molar refractivity (Wildman–Crippen MR) is 236 cm³/mol. The first kappa shape index (κ1) is 42.1. The summed E-state index contributed by atoms with van der Waals surface area (Å²) in [5.74, 6) is -0.0136. The van der Waals surface area contributed by atoms with Crippen molar-refractivity contribution in [3.63, 3.8) is 0 Å². The van der Waals surface area contributed by atoms with Gasteiger partial charge in [0.05, 0.1) is 11.7 Å².